The van der Waals surface area contributed by atoms with Crippen LogP contribution < -0.4 is 10.4 Å². The topological polar surface area (TPSA) is 50.2 Å². The minimum atomic E-state index is -1.37. The van der Waals surface area contributed by atoms with Crippen LogP contribution >= 0.6 is 0 Å². The van der Waals surface area contributed by atoms with E-state index in [0.29, 0.717) is 23.7 Å². The van der Waals surface area contributed by atoms with Crippen LogP contribution in [0.3, 0.4) is 0 Å². The van der Waals surface area contributed by atoms with E-state index in [9.17, 15) is 9.90 Å². The second-order valence-electron chi connectivity index (χ2n) is 16.3. The molecule has 0 unspecified atom stereocenters. The third-order valence-electron chi connectivity index (χ3n) is 9.97. The van der Waals surface area contributed by atoms with Gasteiger partial charge in [-0.2, -0.15) is 0 Å². The van der Waals surface area contributed by atoms with E-state index < -0.39 is 16.1 Å². The van der Waals surface area contributed by atoms with Gasteiger partial charge in [-0.05, 0) is 46.2 Å². The van der Waals surface area contributed by atoms with Gasteiger partial charge in [0, 0.05) is 44.2 Å². The van der Waals surface area contributed by atoms with E-state index in [0.717, 1.165) is 11.3 Å². The van der Waals surface area contributed by atoms with Crippen molar-refractivity contribution in [3.63, 3.8) is 0 Å². The van der Waals surface area contributed by atoms with Crippen molar-refractivity contribution < 1.29 is 30.0 Å². The van der Waals surface area contributed by atoms with Crippen molar-refractivity contribution in [3.05, 3.63) is 65.6 Å². The van der Waals surface area contributed by atoms with Crippen LogP contribution in [0, 0.1) is 55.4 Å². The molecule has 0 amide bonds. The van der Waals surface area contributed by atoms with Crippen LogP contribution in [-0.4, -0.2) is 32.0 Å². The molecular formula is C40H60IrNO2Si2-. The Kier molecular flexibility index (Phi) is 14.0. The molecule has 4 rings (SSSR count). The Hall–Kier alpha value is -1.86. The van der Waals surface area contributed by atoms with Crippen LogP contribution in [-0.2, 0) is 24.9 Å². The molecule has 0 fully saturated rings. The Balaban J connectivity index is 0.000000332. The number of carbonyl (C=O) groups is 1. The minimum absolute atomic E-state index is 0. The summed E-state index contributed by atoms with van der Waals surface area (Å²) < 4.78 is 0. The van der Waals surface area contributed by atoms with Crippen molar-refractivity contribution in [2.75, 3.05) is 0 Å². The molecule has 255 valence electrons. The van der Waals surface area contributed by atoms with Crippen LogP contribution in [0.2, 0.25) is 38.3 Å². The van der Waals surface area contributed by atoms with E-state index in [4.69, 9.17) is 4.98 Å². The Morgan fingerprint density at radius 3 is 1.78 bits per heavy atom. The molecule has 46 heavy (non-hydrogen) atoms. The van der Waals surface area contributed by atoms with Crippen LogP contribution in [0.4, 0.5) is 0 Å². The number of aromatic nitrogens is 1. The van der Waals surface area contributed by atoms with Gasteiger partial charge in [-0.25, -0.2) is 0 Å². The summed E-state index contributed by atoms with van der Waals surface area (Å²) in [7, 11) is -2.69. The number of benzene rings is 2. The Morgan fingerprint density at radius 2 is 1.30 bits per heavy atom. The number of rotatable bonds is 8. The van der Waals surface area contributed by atoms with Gasteiger partial charge in [-0.15, -0.1) is 34.9 Å². The van der Waals surface area contributed by atoms with Crippen LogP contribution in [0.15, 0.2) is 48.4 Å². The van der Waals surface area contributed by atoms with Gasteiger partial charge in [0.1, 0.15) is 0 Å². The van der Waals surface area contributed by atoms with Gasteiger partial charge in [0.05, 0.1) is 21.9 Å². The molecule has 0 bridgehead atoms. The number of aryl methyl sites for hydroxylation is 2. The molecule has 1 radical (unpaired) electrons. The zero-order valence-corrected chi connectivity index (χ0v) is 35.5. The number of fused-ring (bicyclic) bond motifs is 2. The van der Waals surface area contributed by atoms with E-state index in [2.05, 4.69) is 132 Å². The summed E-state index contributed by atoms with van der Waals surface area (Å²) in [6.45, 7) is 31.0. The van der Waals surface area contributed by atoms with E-state index >= 15 is 0 Å². The van der Waals surface area contributed by atoms with Gasteiger partial charge in [0.25, 0.3) is 0 Å². The van der Waals surface area contributed by atoms with Gasteiger partial charge in [-0.1, -0.05) is 130 Å². The number of nitrogens with zero attached hydrogens (tertiary/aromatic N) is 1. The maximum atomic E-state index is 12.3. The SMILES string of the molecule is CC(C)C(C(=O)/C=C(\O)C(C(C)C)C(C)C)C(C)C.Cc1[c-]c(-c2nccc3cc4c(cc23)[Si](C)(C)CC[Si]4(C)C)cc(C)c1.[Ir]. The first-order valence-electron chi connectivity index (χ1n) is 17.2. The van der Waals surface area contributed by atoms with Crippen molar-refractivity contribution >= 4 is 43.1 Å². The summed E-state index contributed by atoms with van der Waals surface area (Å²) in [5, 5.41) is 16.3. The zero-order valence-electron chi connectivity index (χ0n) is 31.1. The minimum Gasteiger partial charge on any atom is -0.512 e. The van der Waals surface area contributed by atoms with E-state index in [-0.39, 0.29) is 43.5 Å². The Bertz CT molecular complexity index is 1500. The van der Waals surface area contributed by atoms with Crippen molar-refractivity contribution in [2.45, 2.75) is 108 Å². The molecule has 6 heteroatoms. The van der Waals surface area contributed by atoms with E-state index in [1.165, 1.54) is 40.1 Å². The number of pyridine rings is 1. The molecule has 0 saturated heterocycles. The number of aliphatic hydroxyl groups excluding tert-OH is 1. The van der Waals surface area contributed by atoms with Crippen LogP contribution in [0.5, 0.6) is 0 Å². The quantitative estimate of drug-likeness (QED) is 0.106. The molecule has 0 spiro atoms. The van der Waals surface area contributed by atoms with Crippen molar-refractivity contribution in [3.8, 4) is 11.3 Å². The largest absolute Gasteiger partial charge is 0.512 e. The second-order valence-corrected chi connectivity index (χ2v) is 25.9. The molecule has 3 nitrogen and oxygen atoms in total. The predicted octanol–water partition coefficient (Wildman–Crippen LogP) is 10.0. The molecule has 1 aromatic heterocycles. The molecule has 0 aliphatic carbocycles. The maximum Gasteiger partial charge on any atom is 0.162 e. The van der Waals surface area contributed by atoms with Crippen LogP contribution in [0.25, 0.3) is 22.0 Å². The van der Waals surface area contributed by atoms with Gasteiger partial charge < -0.3 is 10.1 Å². The first-order chi connectivity index (χ1) is 20.8. The smallest absolute Gasteiger partial charge is 0.162 e. The normalized spacial score (nSPS) is 15.8. The number of allylic oxidation sites excluding steroid dienone is 2. The summed E-state index contributed by atoms with van der Waals surface area (Å²) in [6, 6.07) is 18.0. The van der Waals surface area contributed by atoms with Crippen LogP contribution in [0.1, 0.15) is 66.5 Å². The average molecular weight is 835 g/mol. The van der Waals surface area contributed by atoms with Gasteiger partial charge >= 0.3 is 0 Å². The maximum absolute atomic E-state index is 12.3. The molecule has 3 aromatic rings. The van der Waals surface area contributed by atoms with Crippen molar-refractivity contribution in [2.24, 2.45) is 35.5 Å². The van der Waals surface area contributed by atoms with Gasteiger partial charge in [0.2, 0.25) is 0 Å². The molecular weight excluding hydrogens is 775 g/mol. The number of hydrogen-bond acceptors (Lipinski definition) is 3. The summed E-state index contributed by atoms with van der Waals surface area (Å²) in [6.07, 6.45) is 3.45. The molecule has 1 aliphatic heterocycles. The Morgan fingerprint density at radius 1 is 0.804 bits per heavy atom. The third-order valence-corrected chi connectivity index (χ3v) is 17.5. The Labute approximate surface area is 296 Å². The molecule has 1 N–H and O–H groups in total. The fourth-order valence-electron chi connectivity index (χ4n) is 7.69. The average Bonchev–Trinajstić information content (AvgIpc) is 2.89. The number of hydrogen-bond donors (Lipinski definition) is 1. The zero-order chi connectivity index (χ0) is 34.0. The fraction of sp³-hybridized carbons (Fsp3) is 0.550. The van der Waals surface area contributed by atoms with Gasteiger partial charge in [-0.3, -0.25) is 4.79 Å². The predicted molar refractivity (Wildman–Crippen MR) is 201 cm³/mol. The summed E-state index contributed by atoms with van der Waals surface area (Å²) in [5.41, 5.74) is 4.67. The number of aliphatic hydroxyl groups is 1. The molecule has 2 heterocycles. The fourth-order valence-corrected chi connectivity index (χ4v) is 17.9. The first kappa shape index (κ1) is 40.3. The second kappa shape index (κ2) is 16.0. The van der Waals surface area contributed by atoms with Crippen molar-refractivity contribution in [1.82, 2.24) is 4.98 Å². The van der Waals surface area contributed by atoms with Crippen molar-refractivity contribution in [1.29, 1.82) is 0 Å². The third kappa shape index (κ3) is 9.39. The first-order valence-corrected chi connectivity index (χ1v) is 23.6. The number of ketones is 1. The van der Waals surface area contributed by atoms with E-state index in [1.54, 1.807) is 10.4 Å². The van der Waals surface area contributed by atoms with Gasteiger partial charge in [0.15, 0.2) is 5.78 Å². The standard InChI is InChI=1S/C23H28NSi2.C17H32O2.Ir/c1-16-11-17(2)13-19(12-16)23-20-15-22-21(14-18(20)7-8-24-23)25(3,4)9-10-26(22,5)6;1-10(2)16(11(3)4)14(18)9-15(19)17(12(5)6)13(7)8;/h7-8,11-12,14-15H,9-10H2,1-6H3;9-13,16-18H,1-8H3;/q-1;;/b;14-9-;. The van der Waals surface area contributed by atoms with E-state index in [1.807, 2.05) is 6.20 Å². The molecule has 0 atom stereocenters. The molecule has 1 aliphatic rings. The summed E-state index contributed by atoms with van der Waals surface area (Å²) in [5.74, 6) is 1.63. The molecule has 2 aromatic carbocycles. The monoisotopic (exact) mass is 835 g/mol. The number of carbonyl (C=O) groups excluding carboxylic acids is 1. The summed E-state index contributed by atoms with van der Waals surface area (Å²) in [4.78, 5) is 17.1. The molecule has 0 saturated carbocycles. The summed E-state index contributed by atoms with van der Waals surface area (Å²) >= 11 is 0.